The summed E-state index contributed by atoms with van der Waals surface area (Å²) in [6, 6.07) is 7.37. The van der Waals surface area contributed by atoms with Crippen LogP contribution in [-0.4, -0.2) is 17.0 Å². The fourth-order valence-corrected chi connectivity index (χ4v) is 3.36. The van der Waals surface area contributed by atoms with Crippen molar-refractivity contribution >= 4 is 17.0 Å². The summed E-state index contributed by atoms with van der Waals surface area (Å²) in [6.07, 6.45) is 7.46. The molecule has 0 bridgehead atoms. The van der Waals surface area contributed by atoms with Crippen molar-refractivity contribution in [2.75, 3.05) is 6.54 Å². The van der Waals surface area contributed by atoms with E-state index in [4.69, 9.17) is 4.42 Å². The van der Waals surface area contributed by atoms with Crippen LogP contribution in [0.1, 0.15) is 44.9 Å². The van der Waals surface area contributed by atoms with Gasteiger partial charge < -0.3 is 9.73 Å². The zero-order valence-electron chi connectivity index (χ0n) is 13.4. The van der Waals surface area contributed by atoms with Gasteiger partial charge in [-0.3, -0.25) is 9.36 Å². The van der Waals surface area contributed by atoms with Crippen molar-refractivity contribution in [3.63, 3.8) is 0 Å². The lowest BCUT2D eigenvalue weighted by atomic mass is 9.89. The molecule has 1 N–H and O–H groups in total. The summed E-state index contributed by atoms with van der Waals surface area (Å²) in [6.45, 7) is 1.31. The summed E-state index contributed by atoms with van der Waals surface area (Å²) in [5, 5.41) is 3.03. The van der Waals surface area contributed by atoms with Crippen LogP contribution in [-0.2, 0) is 11.3 Å². The van der Waals surface area contributed by atoms with Gasteiger partial charge in [0.1, 0.15) is 0 Å². The molecule has 124 valence electrons. The lowest BCUT2D eigenvalue weighted by Crippen LogP contribution is -2.30. The van der Waals surface area contributed by atoms with Crippen LogP contribution in [0.3, 0.4) is 0 Å². The molecule has 1 heterocycles. The molecule has 1 aromatic heterocycles. The number of hydrogen-bond donors (Lipinski definition) is 1. The molecule has 1 saturated carbocycles. The predicted molar refractivity (Wildman–Crippen MR) is 89.3 cm³/mol. The molecule has 1 amide bonds. The Bertz CT molecular complexity index is 710. The lowest BCUT2D eigenvalue weighted by Gasteiger charge is -2.21. The molecule has 0 saturated heterocycles. The average Bonchev–Trinajstić information content (AvgIpc) is 2.90. The third-order valence-electron chi connectivity index (χ3n) is 4.67. The minimum absolute atomic E-state index is 0.0800. The number of oxazole rings is 1. The van der Waals surface area contributed by atoms with E-state index < -0.39 is 0 Å². The van der Waals surface area contributed by atoms with E-state index in [1.54, 1.807) is 10.6 Å². The van der Waals surface area contributed by atoms with Gasteiger partial charge in [-0.25, -0.2) is 4.79 Å². The van der Waals surface area contributed by atoms with Gasteiger partial charge >= 0.3 is 5.76 Å². The number of fused-ring (bicyclic) bond motifs is 1. The van der Waals surface area contributed by atoms with Crippen molar-refractivity contribution < 1.29 is 9.21 Å². The Morgan fingerprint density at radius 3 is 2.83 bits per heavy atom. The number of nitrogens with zero attached hydrogens (tertiary/aromatic N) is 1. The highest BCUT2D eigenvalue weighted by Gasteiger charge is 2.14. The fourth-order valence-electron chi connectivity index (χ4n) is 3.36. The van der Waals surface area contributed by atoms with Crippen molar-refractivity contribution in [3.8, 4) is 0 Å². The van der Waals surface area contributed by atoms with Crippen molar-refractivity contribution in [2.45, 2.75) is 51.5 Å². The molecule has 23 heavy (non-hydrogen) atoms. The van der Waals surface area contributed by atoms with Crippen LogP contribution < -0.4 is 11.1 Å². The van der Waals surface area contributed by atoms with E-state index in [-0.39, 0.29) is 11.7 Å². The summed E-state index contributed by atoms with van der Waals surface area (Å²) >= 11 is 0. The van der Waals surface area contributed by atoms with Gasteiger partial charge in [0.25, 0.3) is 0 Å². The van der Waals surface area contributed by atoms with Crippen LogP contribution in [0, 0.1) is 5.92 Å². The van der Waals surface area contributed by atoms with E-state index in [1.165, 1.54) is 32.1 Å². The van der Waals surface area contributed by atoms with Gasteiger partial charge in [0.15, 0.2) is 5.58 Å². The van der Waals surface area contributed by atoms with E-state index in [1.807, 2.05) is 18.2 Å². The third kappa shape index (κ3) is 4.03. The summed E-state index contributed by atoms with van der Waals surface area (Å²) in [5.74, 6) is 0.373. The first-order valence-electron chi connectivity index (χ1n) is 8.59. The zero-order valence-corrected chi connectivity index (χ0v) is 13.4. The number of aromatic nitrogens is 1. The normalized spacial score (nSPS) is 15.8. The molecule has 3 rings (SSSR count). The van der Waals surface area contributed by atoms with Crippen LogP contribution in [0.5, 0.6) is 0 Å². The van der Waals surface area contributed by atoms with Crippen LogP contribution in [0.15, 0.2) is 33.5 Å². The smallest absolute Gasteiger partial charge is 0.408 e. The number of amides is 1. The molecular weight excluding hydrogens is 292 g/mol. The molecule has 1 fully saturated rings. The van der Waals surface area contributed by atoms with Gasteiger partial charge in [0, 0.05) is 19.5 Å². The van der Waals surface area contributed by atoms with Gasteiger partial charge in [0.2, 0.25) is 5.91 Å². The van der Waals surface area contributed by atoms with Crippen molar-refractivity contribution in [1.82, 2.24) is 9.88 Å². The Hall–Kier alpha value is -2.04. The Labute approximate surface area is 135 Å². The van der Waals surface area contributed by atoms with Gasteiger partial charge in [-0.15, -0.1) is 0 Å². The molecule has 1 aliphatic carbocycles. The molecule has 5 nitrogen and oxygen atoms in total. The monoisotopic (exact) mass is 316 g/mol. The quantitative estimate of drug-likeness (QED) is 0.891. The first kappa shape index (κ1) is 15.8. The molecule has 2 aromatic rings. The third-order valence-corrected chi connectivity index (χ3v) is 4.67. The number of para-hydroxylation sites is 2. The molecule has 0 unspecified atom stereocenters. The summed E-state index contributed by atoms with van der Waals surface area (Å²) in [7, 11) is 0. The fraction of sp³-hybridized carbons (Fsp3) is 0.556. The predicted octanol–water partition coefficient (Wildman–Crippen LogP) is 3.07. The standard InChI is InChI=1S/C18H24N2O3/c21-17(19-13-14-7-2-1-3-8-14)11-6-12-20-15-9-4-5-10-16(15)23-18(20)22/h4-5,9-10,14H,1-3,6-8,11-13H2,(H,19,21). The maximum atomic E-state index is 11.9. The van der Waals surface area contributed by atoms with E-state index in [0.717, 1.165) is 12.1 Å². The summed E-state index contributed by atoms with van der Waals surface area (Å²) in [4.78, 5) is 23.8. The Morgan fingerprint density at radius 1 is 1.22 bits per heavy atom. The van der Waals surface area contributed by atoms with Crippen LogP contribution >= 0.6 is 0 Å². The minimum Gasteiger partial charge on any atom is -0.408 e. The number of hydrogen-bond acceptors (Lipinski definition) is 3. The Balaban J connectivity index is 1.46. The van der Waals surface area contributed by atoms with Crippen molar-refractivity contribution in [3.05, 3.63) is 34.8 Å². The topological polar surface area (TPSA) is 64.2 Å². The zero-order chi connectivity index (χ0) is 16.1. The van der Waals surface area contributed by atoms with Crippen LogP contribution in [0.2, 0.25) is 0 Å². The van der Waals surface area contributed by atoms with E-state index in [9.17, 15) is 9.59 Å². The number of benzene rings is 1. The SMILES string of the molecule is O=C(CCCn1c(=O)oc2ccccc21)NCC1CCCCC1. The van der Waals surface area contributed by atoms with Crippen LogP contribution in [0.4, 0.5) is 0 Å². The van der Waals surface area contributed by atoms with Crippen molar-refractivity contribution in [1.29, 1.82) is 0 Å². The number of aryl methyl sites for hydroxylation is 1. The Morgan fingerprint density at radius 2 is 2.00 bits per heavy atom. The molecule has 5 heteroatoms. The van der Waals surface area contributed by atoms with Gasteiger partial charge in [-0.2, -0.15) is 0 Å². The van der Waals surface area contributed by atoms with Crippen LogP contribution in [0.25, 0.3) is 11.1 Å². The maximum Gasteiger partial charge on any atom is 0.419 e. The largest absolute Gasteiger partial charge is 0.419 e. The average molecular weight is 316 g/mol. The van der Waals surface area contributed by atoms with Gasteiger partial charge in [-0.05, 0) is 37.3 Å². The molecule has 0 spiro atoms. The maximum absolute atomic E-state index is 11.9. The Kier molecular flexibility index (Phi) is 5.16. The molecule has 0 aliphatic heterocycles. The summed E-state index contributed by atoms with van der Waals surface area (Å²) < 4.78 is 6.79. The molecule has 1 aliphatic rings. The molecule has 0 radical (unpaired) electrons. The highest BCUT2D eigenvalue weighted by atomic mass is 16.4. The highest BCUT2D eigenvalue weighted by Crippen LogP contribution is 2.22. The first-order chi connectivity index (χ1) is 11.2. The van der Waals surface area contributed by atoms with Gasteiger partial charge in [-0.1, -0.05) is 31.4 Å². The molecule has 0 atom stereocenters. The second-order valence-corrected chi connectivity index (χ2v) is 6.40. The number of carbonyl (C=O) groups excluding carboxylic acids is 1. The second kappa shape index (κ2) is 7.49. The minimum atomic E-state index is -0.353. The number of rotatable bonds is 6. The number of carbonyl (C=O) groups is 1. The van der Waals surface area contributed by atoms with E-state index >= 15 is 0 Å². The van der Waals surface area contributed by atoms with Gasteiger partial charge in [0.05, 0.1) is 5.52 Å². The highest BCUT2D eigenvalue weighted by molar-refractivity contribution is 5.76. The summed E-state index contributed by atoms with van der Waals surface area (Å²) in [5.41, 5.74) is 1.39. The molecular formula is C18H24N2O3. The van der Waals surface area contributed by atoms with E-state index in [2.05, 4.69) is 5.32 Å². The lowest BCUT2D eigenvalue weighted by molar-refractivity contribution is -0.121. The van der Waals surface area contributed by atoms with Crippen molar-refractivity contribution in [2.24, 2.45) is 5.92 Å². The first-order valence-corrected chi connectivity index (χ1v) is 8.59. The number of nitrogens with one attached hydrogen (secondary N) is 1. The molecule has 1 aromatic carbocycles. The second-order valence-electron chi connectivity index (χ2n) is 6.40. The van der Waals surface area contributed by atoms with E-state index in [0.29, 0.717) is 30.9 Å².